The fourth-order valence-corrected chi connectivity index (χ4v) is 8.74. The van der Waals surface area contributed by atoms with Crippen LogP contribution in [0.1, 0.15) is 117 Å². The highest BCUT2D eigenvalue weighted by Crippen LogP contribution is 2.39. The third-order valence-corrected chi connectivity index (χ3v) is 11.8. The number of halogens is 2. The number of methoxy groups -OCH3 is 1. The van der Waals surface area contributed by atoms with E-state index in [0.717, 1.165) is 57.6 Å². The van der Waals surface area contributed by atoms with E-state index in [1.165, 1.54) is 56.8 Å². The van der Waals surface area contributed by atoms with Crippen molar-refractivity contribution in [2.75, 3.05) is 17.7 Å². The van der Waals surface area contributed by atoms with Crippen LogP contribution in [0.3, 0.4) is 0 Å². The molecule has 286 valence electrons. The first-order valence-electron chi connectivity index (χ1n) is 19.0. The molecule has 2 saturated carbocycles. The van der Waals surface area contributed by atoms with Gasteiger partial charge in [0.2, 0.25) is 0 Å². The minimum Gasteiger partial charge on any atom is -0.465 e. The second kappa shape index (κ2) is 20.0. The van der Waals surface area contributed by atoms with Crippen LogP contribution in [0, 0.1) is 11.8 Å². The second-order valence-corrected chi connectivity index (χ2v) is 17.1. The van der Waals surface area contributed by atoms with E-state index < -0.39 is 5.60 Å². The van der Waals surface area contributed by atoms with Crippen LogP contribution in [0.15, 0.2) is 97.1 Å². The Balaban J connectivity index is 0.000000208. The molecule has 0 radical (unpaired) electrons. The molecule has 0 unspecified atom stereocenters. The van der Waals surface area contributed by atoms with E-state index in [0.29, 0.717) is 34.3 Å². The van der Waals surface area contributed by atoms with Gasteiger partial charge in [-0.2, -0.15) is 0 Å². The van der Waals surface area contributed by atoms with Gasteiger partial charge >= 0.3 is 5.97 Å². The van der Waals surface area contributed by atoms with E-state index >= 15 is 0 Å². The van der Waals surface area contributed by atoms with E-state index in [-0.39, 0.29) is 5.97 Å². The van der Waals surface area contributed by atoms with Crippen molar-refractivity contribution >= 4 is 75.0 Å². The van der Waals surface area contributed by atoms with Crippen LogP contribution in [-0.4, -0.2) is 28.2 Å². The van der Waals surface area contributed by atoms with Gasteiger partial charge in [0.25, 0.3) is 0 Å². The summed E-state index contributed by atoms with van der Waals surface area (Å²) in [6.07, 6.45) is 11.3. The molecule has 2 aliphatic carbocycles. The van der Waals surface area contributed by atoms with Crippen molar-refractivity contribution in [3.05, 3.63) is 129 Å². The van der Waals surface area contributed by atoms with Gasteiger partial charge < -0.3 is 20.5 Å². The van der Waals surface area contributed by atoms with Crippen molar-refractivity contribution in [3.63, 3.8) is 0 Å². The molecule has 0 heterocycles. The average Bonchev–Trinajstić information content (AvgIpc) is 3.15. The van der Waals surface area contributed by atoms with Crippen LogP contribution in [0.25, 0.3) is 0 Å². The van der Waals surface area contributed by atoms with Gasteiger partial charge in [-0.05, 0) is 154 Å². The lowest BCUT2D eigenvalue weighted by Crippen LogP contribution is -2.19. The lowest BCUT2D eigenvalue weighted by molar-refractivity contribution is 0.0600. The molecule has 3 N–H and O–H groups in total. The Morgan fingerprint density at radius 1 is 0.685 bits per heavy atom. The average molecular weight is 804 g/mol. The number of thiocarbonyl (C=S) groups is 2. The first-order chi connectivity index (χ1) is 25.9. The maximum absolute atomic E-state index is 11.5. The van der Waals surface area contributed by atoms with Crippen molar-refractivity contribution in [2.24, 2.45) is 11.8 Å². The molecule has 0 amide bonds. The summed E-state index contributed by atoms with van der Waals surface area (Å²) in [4.78, 5) is 13.3. The molecular weight excluding hydrogens is 752 g/mol. The van der Waals surface area contributed by atoms with E-state index in [1.807, 2.05) is 74.5 Å². The van der Waals surface area contributed by atoms with Crippen molar-refractivity contribution in [1.82, 2.24) is 0 Å². The molecule has 4 aromatic carbocycles. The number of nitrogens with one attached hydrogen (secondary N) is 2. The molecule has 0 spiro atoms. The zero-order valence-corrected chi connectivity index (χ0v) is 34.6. The summed E-state index contributed by atoms with van der Waals surface area (Å²) in [6, 6.07) is 31.7. The Morgan fingerprint density at radius 3 is 1.46 bits per heavy atom. The Morgan fingerprint density at radius 2 is 1.09 bits per heavy atom. The van der Waals surface area contributed by atoms with E-state index in [9.17, 15) is 9.90 Å². The number of esters is 1. The molecule has 9 heteroatoms. The largest absolute Gasteiger partial charge is 0.465 e. The molecule has 5 nitrogen and oxygen atoms in total. The number of benzene rings is 4. The molecule has 0 aromatic heterocycles. The number of hydrogen-bond acceptors (Lipinski definition) is 5. The van der Waals surface area contributed by atoms with Gasteiger partial charge in [0.05, 0.1) is 28.3 Å². The molecule has 54 heavy (non-hydrogen) atoms. The minimum atomic E-state index is -0.776. The number of carbonyl (C=O) groups excluding carboxylic acids is 1. The minimum absolute atomic E-state index is 0.286. The molecular formula is C45H52Cl2N2O3S2. The van der Waals surface area contributed by atoms with Crippen LogP contribution in [0.4, 0.5) is 11.4 Å². The van der Waals surface area contributed by atoms with E-state index in [4.69, 9.17) is 52.4 Å². The normalized spacial score (nSPS) is 19.8. The molecule has 0 bridgehead atoms. The monoisotopic (exact) mass is 802 g/mol. The number of aliphatic hydroxyl groups is 1. The van der Waals surface area contributed by atoms with Gasteiger partial charge in [-0.1, -0.05) is 96.2 Å². The number of anilines is 2. The number of carbonyl (C=O) groups is 1. The lowest BCUT2D eigenvalue weighted by Gasteiger charge is -2.29. The summed E-state index contributed by atoms with van der Waals surface area (Å²) < 4.78 is 4.76. The van der Waals surface area contributed by atoms with Gasteiger partial charge in [0.15, 0.2) is 0 Å². The Bertz CT molecular complexity index is 1840. The van der Waals surface area contributed by atoms with Crippen LogP contribution in [0.5, 0.6) is 0 Å². The van der Waals surface area contributed by atoms with E-state index in [1.54, 1.807) is 0 Å². The van der Waals surface area contributed by atoms with Crippen molar-refractivity contribution in [2.45, 2.75) is 95.5 Å². The van der Waals surface area contributed by atoms with Crippen LogP contribution in [0.2, 0.25) is 10.0 Å². The van der Waals surface area contributed by atoms with Gasteiger partial charge in [-0.3, -0.25) is 0 Å². The molecule has 6 rings (SSSR count). The molecule has 4 aromatic rings. The first-order valence-corrected chi connectivity index (χ1v) is 20.6. The third kappa shape index (κ3) is 12.9. The summed E-state index contributed by atoms with van der Waals surface area (Å²) in [5.41, 5.74) is 5.41. The predicted molar refractivity (Wildman–Crippen MR) is 233 cm³/mol. The quantitative estimate of drug-likeness (QED) is 0.109. The maximum atomic E-state index is 11.5. The topological polar surface area (TPSA) is 70.6 Å². The molecule has 2 fully saturated rings. The summed E-state index contributed by atoms with van der Waals surface area (Å²) in [5.74, 6) is 2.16. The Kier molecular flexibility index (Phi) is 15.5. The summed E-state index contributed by atoms with van der Waals surface area (Å²) in [7, 11) is 1.41. The fourth-order valence-electron chi connectivity index (χ4n) is 7.65. The van der Waals surface area contributed by atoms with E-state index in [2.05, 4.69) is 47.0 Å². The highest BCUT2D eigenvalue weighted by atomic mass is 35.5. The standard InChI is InChI=1S/C23H28ClNOS.C22H24ClNO2S/c1-23(2,26)19-12-10-18(11-13-19)17-8-6-16(7-9-17)14-22(27)25-21-5-3-4-20(24)15-21;1-26-22(25)18-11-9-17(10-12-18)16-7-5-15(6-8-16)13-21(27)24-20-4-2-3-19(23)14-20/h3-5,10-13,15-17,26H,6-9,14H2,1-2H3,(H,25,27);2-4,9-12,14-16H,5-8,13H2,1H3,(H,24,27). The van der Waals surface area contributed by atoms with Crippen molar-refractivity contribution in [3.8, 4) is 0 Å². The molecule has 0 aliphatic heterocycles. The van der Waals surface area contributed by atoms with Crippen molar-refractivity contribution < 1.29 is 14.6 Å². The SMILES string of the molecule is CC(C)(O)c1ccc(C2CCC(CC(=S)Nc3cccc(Cl)c3)CC2)cc1.COC(=O)c1ccc(C2CCC(CC(=S)Nc3cccc(Cl)c3)CC2)cc1. The van der Waals surface area contributed by atoms with Crippen LogP contribution < -0.4 is 10.6 Å². The number of ether oxygens (including phenoxy) is 1. The first kappa shape index (κ1) is 41.8. The summed E-state index contributed by atoms with van der Waals surface area (Å²) in [5, 5.41) is 18.2. The van der Waals surface area contributed by atoms with Gasteiger partial charge in [-0.15, -0.1) is 0 Å². The van der Waals surface area contributed by atoms with Gasteiger partial charge in [-0.25, -0.2) is 4.79 Å². The fraction of sp³-hybridized carbons (Fsp3) is 0.400. The molecule has 2 aliphatic rings. The van der Waals surface area contributed by atoms with Gasteiger partial charge in [0.1, 0.15) is 0 Å². The lowest BCUT2D eigenvalue weighted by atomic mass is 9.77. The zero-order valence-electron chi connectivity index (χ0n) is 31.5. The predicted octanol–water partition coefficient (Wildman–Crippen LogP) is 12.9. The Hall–Kier alpha value is -3.33. The maximum Gasteiger partial charge on any atom is 0.337 e. The van der Waals surface area contributed by atoms with Gasteiger partial charge in [0, 0.05) is 34.3 Å². The zero-order chi connectivity index (χ0) is 38.7. The highest BCUT2D eigenvalue weighted by Gasteiger charge is 2.25. The van der Waals surface area contributed by atoms with Crippen molar-refractivity contribution in [1.29, 1.82) is 0 Å². The number of rotatable bonds is 10. The Labute approximate surface area is 342 Å². The second-order valence-electron chi connectivity index (χ2n) is 15.3. The smallest absolute Gasteiger partial charge is 0.337 e. The summed E-state index contributed by atoms with van der Waals surface area (Å²) in [6.45, 7) is 3.65. The number of hydrogen-bond donors (Lipinski definition) is 3. The van der Waals surface area contributed by atoms with Crippen LogP contribution >= 0.6 is 47.6 Å². The highest BCUT2D eigenvalue weighted by molar-refractivity contribution is 7.80. The van der Waals surface area contributed by atoms with Crippen LogP contribution in [-0.2, 0) is 10.3 Å². The summed E-state index contributed by atoms with van der Waals surface area (Å²) >= 11 is 23.1. The molecule has 0 atom stereocenters. The molecule has 0 saturated heterocycles. The third-order valence-electron chi connectivity index (χ3n) is 10.8.